The summed E-state index contributed by atoms with van der Waals surface area (Å²) in [7, 11) is 0. The lowest BCUT2D eigenvalue weighted by Crippen LogP contribution is -2.30. The van der Waals surface area contributed by atoms with E-state index in [9.17, 15) is 24.8 Å². The number of nitro benzene ring substituents is 1. The molecule has 7 rings (SSSR count). The van der Waals surface area contributed by atoms with Crippen LogP contribution in [0.3, 0.4) is 0 Å². The van der Waals surface area contributed by atoms with Crippen molar-refractivity contribution in [3.63, 3.8) is 0 Å². The van der Waals surface area contributed by atoms with E-state index in [1.54, 1.807) is 35.2 Å². The maximum Gasteiger partial charge on any atom is 0.291 e. The van der Waals surface area contributed by atoms with Crippen molar-refractivity contribution in [3.8, 4) is 5.75 Å². The number of nitrogens with zero attached hydrogens (tertiary/aromatic N) is 2. The number of phenols is 1. The van der Waals surface area contributed by atoms with Crippen molar-refractivity contribution in [2.24, 2.45) is 0 Å². The van der Waals surface area contributed by atoms with Crippen LogP contribution in [0.2, 0.25) is 0 Å². The van der Waals surface area contributed by atoms with Gasteiger partial charge in [0.1, 0.15) is 17.0 Å². The Hall–Kier alpha value is -5.35. The maximum absolute atomic E-state index is 13.7. The molecule has 208 valence electrons. The molecule has 4 aromatic carbocycles. The van der Waals surface area contributed by atoms with Gasteiger partial charge in [0.15, 0.2) is 5.76 Å². The lowest BCUT2D eigenvalue weighted by atomic mass is 9.95. The van der Waals surface area contributed by atoms with Crippen molar-refractivity contribution in [1.29, 1.82) is 0 Å². The van der Waals surface area contributed by atoms with Crippen LogP contribution < -0.4 is 10.2 Å². The first-order chi connectivity index (χ1) is 20.3. The number of aromatic amines is 1. The molecule has 0 saturated carbocycles. The second-order valence-corrected chi connectivity index (χ2v) is 10.5. The van der Waals surface area contributed by atoms with Gasteiger partial charge in [-0.05, 0) is 47.3 Å². The van der Waals surface area contributed by atoms with Gasteiger partial charge in [-0.1, -0.05) is 24.3 Å². The van der Waals surface area contributed by atoms with E-state index < -0.39 is 10.8 Å². The number of amides is 2. The van der Waals surface area contributed by atoms with Crippen molar-refractivity contribution in [3.05, 3.63) is 106 Å². The highest BCUT2D eigenvalue weighted by Gasteiger charge is 2.35. The minimum atomic E-state index is -0.520. The van der Waals surface area contributed by atoms with Gasteiger partial charge in [0.05, 0.1) is 10.6 Å². The van der Waals surface area contributed by atoms with Crippen LogP contribution in [-0.2, 0) is 0 Å². The predicted molar refractivity (Wildman–Crippen MR) is 160 cm³/mol. The number of aromatic hydroxyl groups is 1. The number of hydrogen-bond acceptors (Lipinski definition) is 6. The average Bonchev–Trinajstić information content (AvgIpc) is 3.71. The highest BCUT2D eigenvalue weighted by Crippen LogP contribution is 2.45. The second-order valence-electron chi connectivity index (χ2n) is 10.2. The zero-order valence-corrected chi connectivity index (χ0v) is 22.5. The molecular weight excluding hydrogens is 560 g/mol. The molecule has 2 amide bonds. The Kier molecular flexibility index (Phi) is 5.87. The van der Waals surface area contributed by atoms with E-state index in [2.05, 4.69) is 10.3 Å². The number of aromatic nitrogens is 1. The number of phenolic OH excluding ortho intramolecular Hbond substituents is 1. The van der Waals surface area contributed by atoms with Crippen LogP contribution in [0, 0.1) is 10.1 Å². The number of non-ortho nitro benzene ring substituents is 1. The van der Waals surface area contributed by atoms with E-state index >= 15 is 0 Å². The number of fused-ring (bicyclic) bond motifs is 5. The number of anilines is 2. The first kappa shape index (κ1) is 25.6. The molecule has 10 nitrogen and oxygen atoms in total. The average molecular weight is 581 g/mol. The molecule has 42 heavy (non-hydrogen) atoms. The molecule has 1 aliphatic heterocycles. The Labute approximate surface area is 242 Å². The molecule has 0 saturated heterocycles. The van der Waals surface area contributed by atoms with Crippen molar-refractivity contribution in [2.75, 3.05) is 22.6 Å². The highest BCUT2D eigenvalue weighted by molar-refractivity contribution is 6.19. The first-order valence-electron chi connectivity index (χ1n) is 13.1. The summed E-state index contributed by atoms with van der Waals surface area (Å²) in [5.74, 6) is -0.454. The Bertz CT molecular complexity index is 2100. The van der Waals surface area contributed by atoms with E-state index in [4.69, 9.17) is 16.0 Å². The number of halogens is 1. The third kappa shape index (κ3) is 4.11. The third-order valence-electron chi connectivity index (χ3n) is 7.62. The molecule has 3 N–H and O–H groups in total. The molecule has 1 aliphatic rings. The molecule has 0 radical (unpaired) electrons. The summed E-state index contributed by atoms with van der Waals surface area (Å²) in [4.78, 5) is 41.9. The summed E-state index contributed by atoms with van der Waals surface area (Å²) in [5.41, 5.74) is 3.35. The molecule has 6 aromatic rings. The number of rotatable bonds is 5. The minimum Gasteiger partial charge on any atom is -0.507 e. The minimum absolute atomic E-state index is 0.00727. The number of H-pyrrole nitrogens is 1. The first-order valence-corrected chi connectivity index (χ1v) is 13.6. The highest BCUT2D eigenvalue weighted by atomic mass is 35.5. The molecule has 1 unspecified atom stereocenters. The number of carbonyl (C=O) groups is 2. The number of benzene rings is 4. The predicted octanol–water partition coefficient (Wildman–Crippen LogP) is 6.92. The Morgan fingerprint density at radius 3 is 2.64 bits per heavy atom. The topological polar surface area (TPSA) is 142 Å². The summed E-state index contributed by atoms with van der Waals surface area (Å²) >= 11 is 6.33. The Morgan fingerprint density at radius 2 is 1.86 bits per heavy atom. The van der Waals surface area contributed by atoms with Gasteiger partial charge in [-0.3, -0.25) is 19.7 Å². The number of hydrogen-bond donors (Lipinski definition) is 3. The van der Waals surface area contributed by atoms with Crippen LogP contribution in [0.5, 0.6) is 5.75 Å². The van der Waals surface area contributed by atoms with Crippen LogP contribution in [0.15, 0.2) is 83.3 Å². The molecule has 11 heteroatoms. The second kappa shape index (κ2) is 9.64. The van der Waals surface area contributed by atoms with Gasteiger partial charge < -0.3 is 24.7 Å². The lowest BCUT2D eigenvalue weighted by Gasteiger charge is -2.17. The summed E-state index contributed by atoms with van der Waals surface area (Å²) in [6, 6.07) is 21.6. The smallest absolute Gasteiger partial charge is 0.291 e. The van der Waals surface area contributed by atoms with E-state index in [1.165, 1.54) is 24.3 Å². The summed E-state index contributed by atoms with van der Waals surface area (Å²) < 4.78 is 5.58. The molecule has 1 atom stereocenters. The van der Waals surface area contributed by atoms with Crippen molar-refractivity contribution >= 4 is 73.1 Å². The molecule has 0 fully saturated rings. The maximum atomic E-state index is 13.7. The summed E-state index contributed by atoms with van der Waals surface area (Å²) in [5, 5.41) is 27.2. The zero-order chi connectivity index (χ0) is 29.1. The van der Waals surface area contributed by atoms with Gasteiger partial charge in [-0.15, -0.1) is 11.6 Å². The molecule has 3 heterocycles. The van der Waals surface area contributed by atoms with Crippen LogP contribution in [0.1, 0.15) is 32.5 Å². The number of furan rings is 1. The summed E-state index contributed by atoms with van der Waals surface area (Å²) in [6.45, 7) is 0.377. The van der Waals surface area contributed by atoms with E-state index in [1.807, 2.05) is 24.3 Å². The Morgan fingerprint density at radius 1 is 1.05 bits per heavy atom. The molecular formula is C31H21ClN4O6. The number of nitro groups is 1. The standard InChI is InChI=1S/C31H21ClN4O6/c32-14-18-15-35(25-13-26(37)21-3-1-2-4-22(21)29(18)25)31(39)24-11-16-9-19(5-7-23(16)34-24)33-30(38)28-12-17-10-20(36(40)41)6-8-27(17)42-28/h1-13,18,34,37H,14-15H2,(H,33,38). The fraction of sp³-hybridized carbons (Fsp3) is 0.0968. The largest absolute Gasteiger partial charge is 0.507 e. The van der Waals surface area contributed by atoms with E-state index in [0.29, 0.717) is 56.8 Å². The van der Waals surface area contributed by atoms with Crippen LogP contribution in [-0.4, -0.2) is 39.3 Å². The molecule has 2 aromatic heterocycles. The molecule has 0 spiro atoms. The number of alkyl halides is 1. The lowest BCUT2D eigenvalue weighted by molar-refractivity contribution is -0.384. The normalized spacial score (nSPS) is 14.5. The van der Waals surface area contributed by atoms with E-state index in [0.717, 1.165) is 10.9 Å². The monoisotopic (exact) mass is 580 g/mol. The number of nitrogens with one attached hydrogen (secondary N) is 2. The SMILES string of the molecule is O=C(Nc1ccc2[nH]c(C(=O)N3CC(CCl)c4c3cc(O)c3ccccc43)cc2c1)c1cc2cc([N+](=O)[O-])ccc2o1. The van der Waals surface area contributed by atoms with Gasteiger partial charge in [0.25, 0.3) is 17.5 Å². The number of carbonyl (C=O) groups excluding carboxylic acids is 2. The van der Waals surface area contributed by atoms with Crippen LogP contribution in [0.25, 0.3) is 32.6 Å². The fourth-order valence-corrected chi connectivity index (χ4v) is 5.92. The van der Waals surface area contributed by atoms with Gasteiger partial charge in [-0.25, -0.2) is 0 Å². The fourth-order valence-electron chi connectivity index (χ4n) is 5.66. The van der Waals surface area contributed by atoms with Crippen LogP contribution >= 0.6 is 11.6 Å². The third-order valence-corrected chi connectivity index (χ3v) is 7.99. The van der Waals surface area contributed by atoms with Gasteiger partial charge in [0, 0.05) is 63.9 Å². The summed E-state index contributed by atoms with van der Waals surface area (Å²) in [6.07, 6.45) is 0. The van der Waals surface area contributed by atoms with Gasteiger partial charge in [-0.2, -0.15) is 0 Å². The van der Waals surface area contributed by atoms with Crippen molar-refractivity contribution < 1.29 is 24.0 Å². The van der Waals surface area contributed by atoms with Crippen LogP contribution in [0.4, 0.5) is 17.1 Å². The van der Waals surface area contributed by atoms with Gasteiger partial charge in [0.2, 0.25) is 0 Å². The van der Waals surface area contributed by atoms with Crippen molar-refractivity contribution in [2.45, 2.75) is 5.92 Å². The van der Waals surface area contributed by atoms with Crippen molar-refractivity contribution in [1.82, 2.24) is 4.98 Å². The quantitative estimate of drug-likeness (QED) is 0.115. The zero-order valence-electron chi connectivity index (χ0n) is 21.8. The Balaban J connectivity index is 1.16. The molecule has 0 aliphatic carbocycles. The molecule has 0 bridgehead atoms. The van der Waals surface area contributed by atoms with Gasteiger partial charge >= 0.3 is 0 Å². The van der Waals surface area contributed by atoms with E-state index in [-0.39, 0.29) is 29.0 Å².